The number of aromatic nitrogens is 2. The first-order valence-electron chi connectivity index (χ1n) is 11.8. The number of amides is 1. The first-order chi connectivity index (χ1) is 17.4. The van der Waals surface area contributed by atoms with Gasteiger partial charge in [-0.2, -0.15) is 5.26 Å². The lowest BCUT2D eigenvalue weighted by atomic mass is 10.0. The molecule has 0 radical (unpaired) electrons. The molecule has 0 bridgehead atoms. The number of nitriles is 1. The second kappa shape index (κ2) is 11.2. The highest BCUT2D eigenvalue weighted by Gasteiger charge is 2.15. The highest BCUT2D eigenvalue weighted by atomic mass is 16.3. The van der Waals surface area contributed by atoms with Crippen LogP contribution in [0.1, 0.15) is 42.1 Å². The van der Waals surface area contributed by atoms with Crippen LogP contribution >= 0.6 is 0 Å². The van der Waals surface area contributed by atoms with Gasteiger partial charge in [0.2, 0.25) is 5.91 Å². The fourth-order valence-electron chi connectivity index (χ4n) is 3.92. The summed E-state index contributed by atoms with van der Waals surface area (Å²) in [6.45, 7) is 5.38. The minimum Gasteiger partial charge on any atom is -0.508 e. The number of carbonyl (C=O) groups is 1. The number of phenolic OH excluding ortho intramolecular Hbond substituents is 1. The number of hydrogen-bond acceptors (Lipinski definition) is 5. The van der Waals surface area contributed by atoms with Crippen molar-refractivity contribution in [2.75, 3.05) is 16.8 Å². The zero-order valence-corrected chi connectivity index (χ0v) is 20.4. The van der Waals surface area contributed by atoms with Crippen molar-refractivity contribution in [3.05, 3.63) is 108 Å². The lowest BCUT2D eigenvalue weighted by molar-refractivity contribution is -0.115. The Morgan fingerprint density at radius 3 is 2.56 bits per heavy atom. The van der Waals surface area contributed by atoms with E-state index in [-0.39, 0.29) is 18.2 Å². The summed E-state index contributed by atoms with van der Waals surface area (Å²) in [4.78, 5) is 19.4. The number of benzene rings is 3. The maximum atomic E-state index is 13.0. The molecule has 2 N–H and O–H groups in total. The second-order valence-electron chi connectivity index (χ2n) is 9.05. The van der Waals surface area contributed by atoms with Crippen LogP contribution in [-0.4, -0.2) is 27.1 Å². The number of imidazole rings is 1. The van der Waals surface area contributed by atoms with Crippen molar-refractivity contribution in [2.24, 2.45) is 0 Å². The highest BCUT2D eigenvalue weighted by Crippen LogP contribution is 2.20. The molecule has 0 spiro atoms. The molecule has 0 aliphatic heterocycles. The monoisotopic (exact) mass is 479 g/mol. The first kappa shape index (κ1) is 24.6. The van der Waals surface area contributed by atoms with Crippen LogP contribution in [0.2, 0.25) is 0 Å². The fraction of sp³-hybridized carbons (Fsp3) is 0.207. The molecule has 1 amide bonds. The molecule has 0 unspecified atom stereocenters. The van der Waals surface area contributed by atoms with E-state index < -0.39 is 0 Å². The van der Waals surface area contributed by atoms with Gasteiger partial charge < -0.3 is 19.9 Å². The van der Waals surface area contributed by atoms with Gasteiger partial charge in [0.1, 0.15) is 5.75 Å². The molecule has 4 rings (SSSR count). The van der Waals surface area contributed by atoms with Gasteiger partial charge in [0.05, 0.1) is 36.7 Å². The van der Waals surface area contributed by atoms with Gasteiger partial charge in [-0.05, 0) is 59.5 Å². The Kier molecular flexibility index (Phi) is 7.66. The SMILES string of the molecule is CC(C)c1ccc(NC(=O)CN(Cc2cn(Cc3ccc(O)cc3)cn2)c2cccc(C#N)c2)cc1. The molecule has 7 nitrogen and oxygen atoms in total. The van der Waals surface area contributed by atoms with Crippen LogP contribution in [0.5, 0.6) is 5.75 Å². The van der Waals surface area contributed by atoms with Gasteiger partial charge in [-0.1, -0.05) is 44.2 Å². The maximum absolute atomic E-state index is 13.0. The van der Waals surface area contributed by atoms with Crippen molar-refractivity contribution in [2.45, 2.75) is 32.9 Å². The molecular formula is C29H29N5O2. The molecule has 1 heterocycles. The summed E-state index contributed by atoms with van der Waals surface area (Å²) in [6.07, 6.45) is 3.69. The van der Waals surface area contributed by atoms with E-state index in [0.717, 1.165) is 22.6 Å². The Labute approximate surface area is 211 Å². The molecule has 1 aromatic heterocycles. The number of carbonyl (C=O) groups excluding carboxylic acids is 1. The molecule has 0 aliphatic carbocycles. The summed E-state index contributed by atoms with van der Waals surface area (Å²) >= 11 is 0. The number of anilines is 2. The minimum atomic E-state index is -0.154. The summed E-state index contributed by atoms with van der Waals surface area (Å²) in [6, 6.07) is 24.3. The number of hydrogen-bond donors (Lipinski definition) is 2. The van der Waals surface area contributed by atoms with Crippen molar-refractivity contribution in [1.82, 2.24) is 9.55 Å². The number of phenols is 1. The van der Waals surface area contributed by atoms with E-state index in [4.69, 9.17) is 0 Å². The van der Waals surface area contributed by atoms with Gasteiger partial charge >= 0.3 is 0 Å². The predicted molar refractivity (Wildman–Crippen MR) is 141 cm³/mol. The molecule has 0 aliphatic rings. The average molecular weight is 480 g/mol. The van der Waals surface area contributed by atoms with Crippen molar-refractivity contribution < 1.29 is 9.90 Å². The average Bonchev–Trinajstić information content (AvgIpc) is 3.32. The van der Waals surface area contributed by atoms with Crippen molar-refractivity contribution in [1.29, 1.82) is 5.26 Å². The topological polar surface area (TPSA) is 94.2 Å². The van der Waals surface area contributed by atoms with Crippen LogP contribution in [0.15, 0.2) is 85.3 Å². The van der Waals surface area contributed by atoms with Crippen LogP contribution in [-0.2, 0) is 17.9 Å². The van der Waals surface area contributed by atoms with E-state index in [1.807, 2.05) is 64.2 Å². The third-order valence-electron chi connectivity index (χ3n) is 5.88. The smallest absolute Gasteiger partial charge is 0.243 e. The lowest BCUT2D eigenvalue weighted by Gasteiger charge is -2.23. The predicted octanol–water partition coefficient (Wildman–Crippen LogP) is 5.28. The molecule has 0 fully saturated rings. The summed E-state index contributed by atoms with van der Waals surface area (Å²) in [7, 11) is 0. The minimum absolute atomic E-state index is 0.103. The zero-order chi connectivity index (χ0) is 25.5. The molecule has 0 saturated carbocycles. The van der Waals surface area contributed by atoms with E-state index in [0.29, 0.717) is 24.6 Å². The van der Waals surface area contributed by atoms with Crippen LogP contribution in [0, 0.1) is 11.3 Å². The third kappa shape index (κ3) is 6.51. The molecule has 0 atom stereocenters. The van der Waals surface area contributed by atoms with Crippen LogP contribution in [0.25, 0.3) is 0 Å². The summed E-state index contributed by atoms with van der Waals surface area (Å²) < 4.78 is 1.96. The molecule has 0 saturated heterocycles. The normalized spacial score (nSPS) is 10.7. The van der Waals surface area contributed by atoms with E-state index >= 15 is 0 Å². The largest absolute Gasteiger partial charge is 0.508 e. The van der Waals surface area contributed by atoms with Crippen molar-refractivity contribution in [3.8, 4) is 11.8 Å². The quantitative estimate of drug-likeness (QED) is 0.341. The molecular weight excluding hydrogens is 450 g/mol. The van der Waals surface area contributed by atoms with Crippen molar-refractivity contribution >= 4 is 17.3 Å². The van der Waals surface area contributed by atoms with Gasteiger partial charge in [0, 0.05) is 24.1 Å². The Bertz CT molecular complexity index is 1350. The maximum Gasteiger partial charge on any atom is 0.243 e. The van der Waals surface area contributed by atoms with E-state index in [1.54, 1.807) is 30.6 Å². The summed E-state index contributed by atoms with van der Waals surface area (Å²) in [5.41, 5.74) is 5.09. The Hall–Kier alpha value is -4.57. The lowest BCUT2D eigenvalue weighted by Crippen LogP contribution is -2.33. The van der Waals surface area contributed by atoms with E-state index in [2.05, 4.69) is 30.2 Å². The molecule has 182 valence electrons. The summed E-state index contributed by atoms with van der Waals surface area (Å²) in [5, 5.41) is 21.8. The van der Waals surface area contributed by atoms with Gasteiger partial charge in [-0.25, -0.2) is 4.98 Å². The van der Waals surface area contributed by atoms with Gasteiger partial charge in [0.15, 0.2) is 0 Å². The van der Waals surface area contributed by atoms with Gasteiger partial charge in [-0.3, -0.25) is 4.79 Å². The van der Waals surface area contributed by atoms with Crippen molar-refractivity contribution in [3.63, 3.8) is 0 Å². The number of nitrogens with zero attached hydrogens (tertiary/aromatic N) is 4. The summed E-state index contributed by atoms with van der Waals surface area (Å²) in [5.74, 6) is 0.499. The zero-order valence-electron chi connectivity index (χ0n) is 20.4. The Balaban J connectivity index is 1.49. The molecule has 7 heteroatoms. The number of aromatic hydroxyl groups is 1. The first-order valence-corrected chi connectivity index (χ1v) is 11.8. The highest BCUT2D eigenvalue weighted by molar-refractivity contribution is 5.94. The molecule has 4 aromatic rings. The van der Waals surface area contributed by atoms with E-state index in [9.17, 15) is 15.2 Å². The van der Waals surface area contributed by atoms with Crippen LogP contribution < -0.4 is 10.2 Å². The Morgan fingerprint density at radius 2 is 1.86 bits per heavy atom. The number of rotatable bonds is 9. The fourth-order valence-corrected chi connectivity index (χ4v) is 3.92. The second-order valence-corrected chi connectivity index (χ2v) is 9.05. The molecule has 3 aromatic carbocycles. The Morgan fingerprint density at radius 1 is 1.11 bits per heavy atom. The molecule has 36 heavy (non-hydrogen) atoms. The number of nitrogens with one attached hydrogen (secondary N) is 1. The third-order valence-corrected chi connectivity index (χ3v) is 5.88. The standard InChI is InChI=1S/C29H29N5O2/c1-21(2)24-8-10-25(11-9-24)32-29(36)19-34(27-5-3-4-23(14-27)15-30)18-26-17-33(20-31-26)16-22-6-12-28(35)13-7-22/h3-14,17,20-21,35H,16,18-19H2,1-2H3,(H,32,36). The van der Waals surface area contributed by atoms with E-state index in [1.165, 1.54) is 5.56 Å². The van der Waals surface area contributed by atoms with Crippen LogP contribution in [0.3, 0.4) is 0 Å². The van der Waals surface area contributed by atoms with Crippen LogP contribution in [0.4, 0.5) is 11.4 Å². The van der Waals surface area contributed by atoms with Gasteiger partial charge in [0.25, 0.3) is 0 Å². The van der Waals surface area contributed by atoms with Gasteiger partial charge in [-0.15, -0.1) is 0 Å².